The normalized spacial score (nSPS) is 20.4. The molecule has 0 saturated carbocycles. The number of esters is 2. The molecule has 0 radical (unpaired) electrons. The molecule has 0 aliphatic carbocycles. The second-order valence-electron chi connectivity index (χ2n) is 4.31. The highest BCUT2D eigenvalue weighted by atomic mass is 32.2. The van der Waals surface area contributed by atoms with E-state index in [1.54, 1.807) is 0 Å². The van der Waals surface area contributed by atoms with E-state index in [9.17, 15) is 19.7 Å². The Morgan fingerprint density at radius 3 is 2.86 bits per heavy atom. The number of nitro benzene ring substituents is 1. The van der Waals surface area contributed by atoms with Gasteiger partial charge < -0.3 is 14.2 Å². The van der Waals surface area contributed by atoms with Crippen LogP contribution < -0.4 is 0 Å². The van der Waals surface area contributed by atoms with Crippen LogP contribution in [0, 0.1) is 10.1 Å². The van der Waals surface area contributed by atoms with Gasteiger partial charge in [0.05, 0.1) is 10.7 Å². The zero-order chi connectivity index (χ0) is 16.1. The number of nitro groups is 1. The lowest BCUT2D eigenvalue weighted by Crippen LogP contribution is -2.22. The van der Waals surface area contributed by atoms with E-state index in [2.05, 4.69) is 0 Å². The fourth-order valence-electron chi connectivity index (χ4n) is 1.79. The maximum absolute atomic E-state index is 11.9. The number of rotatable bonds is 5. The van der Waals surface area contributed by atoms with Crippen molar-refractivity contribution in [2.24, 2.45) is 0 Å². The molecule has 0 amide bonds. The average Bonchev–Trinajstić information content (AvgIpc) is 2.91. The summed E-state index contributed by atoms with van der Waals surface area (Å²) in [4.78, 5) is 32.9. The van der Waals surface area contributed by atoms with E-state index in [0.717, 1.165) is 0 Å². The van der Waals surface area contributed by atoms with Gasteiger partial charge in [-0.2, -0.15) is 0 Å². The van der Waals surface area contributed by atoms with Crippen LogP contribution >= 0.6 is 11.8 Å². The molecule has 22 heavy (non-hydrogen) atoms. The Morgan fingerprint density at radius 2 is 2.18 bits per heavy atom. The van der Waals surface area contributed by atoms with E-state index in [1.807, 2.05) is 0 Å². The molecule has 1 aliphatic heterocycles. The number of benzene rings is 1. The molecule has 9 heteroatoms. The highest BCUT2D eigenvalue weighted by Crippen LogP contribution is 2.27. The third-order valence-corrected chi connectivity index (χ3v) is 3.77. The molecule has 0 aromatic heterocycles. The van der Waals surface area contributed by atoms with Gasteiger partial charge in [0.1, 0.15) is 17.6 Å². The van der Waals surface area contributed by atoms with Crippen molar-refractivity contribution in [1.82, 2.24) is 0 Å². The van der Waals surface area contributed by atoms with E-state index >= 15 is 0 Å². The van der Waals surface area contributed by atoms with Crippen LogP contribution in [0.4, 0.5) is 5.69 Å². The van der Waals surface area contributed by atoms with Crippen molar-refractivity contribution in [3.63, 3.8) is 0 Å². The molecule has 1 aromatic carbocycles. The summed E-state index contributed by atoms with van der Waals surface area (Å²) in [6.45, 7) is 1.18. The van der Waals surface area contributed by atoms with Gasteiger partial charge in [0, 0.05) is 13.0 Å². The predicted octanol–water partition coefficient (Wildman–Crippen LogP) is 1.73. The summed E-state index contributed by atoms with van der Waals surface area (Å²) >= 11 is 1.33. The van der Waals surface area contributed by atoms with Gasteiger partial charge in [-0.25, -0.2) is 4.79 Å². The van der Waals surface area contributed by atoms with Crippen molar-refractivity contribution in [1.29, 1.82) is 0 Å². The van der Waals surface area contributed by atoms with Crippen molar-refractivity contribution in [2.45, 2.75) is 18.6 Å². The van der Waals surface area contributed by atoms with Crippen LogP contribution in [0.25, 0.3) is 0 Å². The van der Waals surface area contributed by atoms with E-state index in [4.69, 9.17) is 14.2 Å². The van der Waals surface area contributed by atoms with Crippen molar-refractivity contribution in [3.05, 3.63) is 39.9 Å². The third kappa shape index (κ3) is 4.18. The second kappa shape index (κ2) is 7.23. The van der Waals surface area contributed by atoms with E-state index < -0.39 is 28.6 Å². The largest absolute Gasteiger partial charge is 0.458 e. The summed E-state index contributed by atoms with van der Waals surface area (Å²) in [5.74, 6) is -0.816. The maximum Gasteiger partial charge on any atom is 0.345 e. The van der Waals surface area contributed by atoms with E-state index in [0.29, 0.717) is 5.75 Å². The smallest absolute Gasteiger partial charge is 0.345 e. The summed E-state index contributed by atoms with van der Waals surface area (Å²) in [6, 6.07) is 5.54. The molecule has 0 bridgehead atoms. The highest BCUT2D eigenvalue weighted by molar-refractivity contribution is 8.00. The standard InChI is InChI=1S/C13H13NO7S/c1-8(15)20-11-7-22-12(21-11)6-19-13(16)9-4-2-3-5-10(9)14(17)18/h2-5,11-12H,6-7H2,1H3. The molecule has 8 nitrogen and oxygen atoms in total. The molecule has 1 saturated heterocycles. The van der Waals surface area contributed by atoms with Crippen molar-refractivity contribution in [3.8, 4) is 0 Å². The quantitative estimate of drug-likeness (QED) is 0.457. The van der Waals surface area contributed by atoms with Gasteiger partial charge in [-0.3, -0.25) is 14.9 Å². The lowest BCUT2D eigenvalue weighted by atomic mass is 10.2. The Morgan fingerprint density at radius 1 is 1.45 bits per heavy atom. The van der Waals surface area contributed by atoms with Crippen molar-refractivity contribution in [2.75, 3.05) is 12.4 Å². The van der Waals surface area contributed by atoms with Crippen LogP contribution in [0.5, 0.6) is 0 Å². The van der Waals surface area contributed by atoms with E-state index in [1.165, 1.54) is 43.0 Å². The molecule has 2 atom stereocenters. The number of carbonyl (C=O) groups is 2. The van der Waals surface area contributed by atoms with Crippen LogP contribution in [0.3, 0.4) is 0 Å². The first kappa shape index (κ1) is 16.2. The molecule has 0 spiro atoms. The third-order valence-electron chi connectivity index (χ3n) is 2.69. The highest BCUT2D eigenvalue weighted by Gasteiger charge is 2.30. The Hall–Kier alpha value is -2.13. The Kier molecular flexibility index (Phi) is 5.34. The van der Waals surface area contributed by atoms with Gasteiger partial charge in [0.15, 0.2) is 0 Å². The number of hydrogen-bond donors (Lipinski definition) is 0. The number of hydrogen-bond acceptors (Lipinski definition) is 8. The first-order valence-electron chi connectivity index (χ1n) is 6.32. The van der Waals surface area contributed by atoms with Crippen LogP contribution in [0.2, 0.25) is 0 Å². The summed E-state index contributed by atoms with van der Waals surface area (Å²) in [6.07, 6.45) is -0.669. The second-order valence-corrected chi connectivity index (χ2v) is 5.50. The Labute approximate surface area is 129 Å². The zero-order valence-corrected chi connectivity index (χ0v) is 12.4. The molecule has 1 aliphatic rings. The summed E-state index contributed by atoms with van der Waals surface area (Å²) in [5, 5.41) is 10.9. The molecular weight excluding hydrogens is 314 g/mol. The number of carbonyl (C=O) groups excluding carboxylic acids is 2. The van der Waals surface area contributed by atoms with Gasteiger partial charge in [-0.05, 0) is 6.07 Å². The lowest BCUT2D eigenvalue weighted by Gasteiger charge is -2.12. The zero-order valence-electron chi connectivity index (χ0n) is 11.6. The van der Waals surface area contributed by atoms with Crippen LogP contribution in [-0.2, 0) is 19.0 Å². The minimum atomic E-state index is -0.799. The number of nitrogens with zero attached hydrogens (tertiary/aromatic N) is 1. The Bertz CT molecular complexity index is 592. The molecule has 1 fully saturated rings. The molecule has 2 rings (SSSR count). The van der Waals surface area contributed by atoms with Gasteiger partial charge in [-0.1, -0.05) is 12.1 Å². The van der Waals surface area contributed by atoms with E-state index in [-0.39, 0.29) is 17.9 Å². The predicted molar refractivity (Wildman–Crippen MR) is 76.3 cm³/mol. The van der Waals surface area contributed by atoms with Crippen LogP contribution in [-0.4, -0.2) is 40.9 Å². The summed E-state index contributed by atoms with van der Waals surface area (Å²) in [5.41, 5.74) is -0.909. The first-order chi connectivity index (χ1) is 10.5. The topological polar surface area (TPSA) is 105 Å². The SMILES string of the molecule is CC(=O)OC1CSC(COC(=O)c2ccccc2[N+](=O)[O-])O1. The number of ether oxygens (including phenoxy) is 3. The fourth-order valence-corrected chi connectivity index (χ4v) is 2.68. The molecule has 1 heterocycles. The molecular formula is C13H13NO7S. The summed E-state index contributed by atoms with van der Waals surface area (Å²) < 4.78 is 15.2. The first-order valence-corrected chi connectivity index (χ1v) is 7.37. The van der Waals surface area contributed by atoms with Crippen molar-refractivity contribution >= 4 is 29.4 Å². The van der Waals surface area contributed by atoms with Crippen LogP contribution in [0.15, 0.2) is 24.3 Å². The minimum absolute atomic E-state index is 0.0900. The monoisotopic (exact) mass is 327 g/mol. The fraction of sp³-hybridized carbons (Fsp3) is 0.385. The van der Waals surface area contributed by atoms with Gasteiger partial charge in [0.25, 0.3) is 5.69 Å². The van der Waals surface area contributed by atoms with Gasteiger partial charge in [-0.15, -0.1) is 11.8 Å². The van der Waals surface area contributed by atoms with Gasteiger partial charge >= 0.3 is 11.9 Å². The Balaban J connectivity index is 1.89. The molecule has 2 unspecified atom stereocenters. The lowest BCUT2D eigenvalue weighted by molar-refractivity contribution is -0.385. The van der Waals surface area contributed by atoms with Crippen molar-refractivity contribution < 1.29 is 28.7 Å². The number of para-hydroxylation sites is 1. The van der Waals surface area contributed by atoms with Crippen LogP contribution in [0.1, 0.15) is 17.3 Å². The van der Waals surface area contributed by atoms with Gasteiger partial charge in [0.2, 0.25) is 6.29 Å². The molecule has 1 aromatic rings. The maximum atomic E-state index is 11.9. The molecule has 0 N–H and O–H groups in total. The molecule has 118 valence electrons. The number of thioether (sulfide) groups is 1. The minimum Gasteiger partial charge on any atom is -0.458 e. The summed E-state index contributed by atoms with van der Waals surface area (Å²) in [7, 11) is 0. The average molecular weight is 327 g/mol.